The topological polar surface area (TPSA) is 47.9 Å². The van der Waals surface area contributed by atoms with E-state index < -0.39 is 0 Å². The molecule has 0 saturated carbocycles. The molecule has 0 amide bonds. The zero-order valence-corrected chi connectivity index (χ0v) is 12.1. The molecular formula is C16H12ClN3O. The molecule has 0 saturated heterocycles. The first-order valence-corrected chi connectivity index (χ1v) is 6.73. The molecule has 3 rings (SSSR count). The standard InChI is InChI=1S/C16H12ClN3O/c1-21-13-4-2-11(3-5-13)14-10-15(17)20-16(19-14)12-6-8-18-9-7-12/h2-10H,1H3. The average Bonchev–Trinajstić information content (AvgIpc) is 2.55. The van der Waals surface area contributed by atoms with E-state index in [1.807, 2.05) is 36.4 Å². The maximum absolute atomic E-state index is 6.12. The highest BCUT2D eigenvalue weighted by Gasteiger charge is 2.07. The van der Waals surface area contributed by atoms with Crippen molar-refractivity contribution in [2.75, 3.05) is 7.11 Å². The lowest BCUT2D eigenvalue weighted by Crippen LogP contribution is -1.93. The van der Waals surface area contributed by atoms with Gasteiger partial charge in [0, 0.05) is 29.6 Å². The van der Waals surface area contributed by atoms with Crippen LogP contribution in [0.5, 0.6) is 5.75 Å². The third-order valence-electron chi connectivity index (χ3n) is 3.02. The average molecular weight is 298 g/mol. The second-order valence-electron chi connectivity index (χ2n) is 4.36. The molecule has 0 atom stereocenters. The second-order valence-corrected chi connectivity index (χ2v) is 4.75. The van der Waals surface area contributed by atoms with Crippen LogP contribution in [-0.2, 0) is 0 Å². The Labute approximate surface area is 127 Å². The summed E-state index contributed by atoms with van der Waals surface area (Å²) in [7, 11) is 1.64. The van der Waals surface area contributed by atoms with E-state index in [1.165, 1.54) is 0 Å². The number of ether oxygens (including phenoxy) is 1. The number of hydrogen-bond acceptors (Lipinski definition) is 4. The van der Waals surface area contributed by atoms with Crippen LogP contribution in [0, 0.1) is 0 Å². The number of aromatic nitrogens is 3. The molecule has 0 aliphatic rings. The number of halogens is 1. The van der Waals surface area contributed by atoms with Crippen molar-refractivity contribution in [1.82, 2.24) is 15.0 Å². The van der Waals surface area contributed by atoms with E-state index in [9.17, 15) is 0 Å². The Morgan fingerprint density at radius 1 is 0.905 bits per heavy atom. The molecule has 0 aliphatic carbocycles. The number of rotatable bonds is 3. The van der Waals surface area contributed by atoms with Crippen LogP contribution in [0.4, 0.5) is 0 Å². The Morgan fingerprint density at radius 2 is 1.62 bits per heavy atom. The van der Waals surface area contributed by atoms with Gasteiger partial charge in [0.2, 0.25) is 0 Å². The summed E-state index contributed by atoms with van der Waals surface area (Å²) < 4.78 is 5.16. The molecule has 0 unspecified atom stereocenters. The SMILES string of the molecule is COc1ccc(-c2cc(Cl)nc(-c3ccncc3)n2)cc1. The number of benzene rings is 1. The number of hydrogen-bond donors (Lipinski definition) is 0. The van der Waals surface area contributed by atoms with Gasteiger partial charge in [0.1, 0.15) is 10.9 Å². The molecule has 0 fully saturated rings. The molecule has 0 N–H and O–H groups in total. The molecule has 21 heavy (non-hydrogen) atoms. The molecule has 3 aromatic rings. The molecule has 2 heterocycles. The van der Waals surface area contributed by atoms with E-state index in [1.54, 1.807) is 25.6 Å². The fraction of sp³-hybridized carbons (Fsp3) is 0.0625. The van der Waals surface area contributed by atoms with Gasteiger partial charge in [0.15, 0.2) is 5.82 Å². The van der Waals surface area contributed by atoms with Crippen molar-refractivity contribution >= 4 is 11.6 Å². The quantitative estimate of drug-likeness (QED) is 0.689. The summed E-state index contributed by atoms with van der Waals surface area (Å²) in [6.07, 6.45) is 3.40. The molecule has 104 valence electrons. The molecule has 0 bridgehead atoms. The van der Waals surface area contributed by atoms with Crippen LogP contribution < -0.4 is 4.74 Å². The number of pyridine rings is 1. The molecule has 5 heteroatoms. The van der Waals surface area contributed by atoms with Crippen molar-refractivity contribution in [2.45, 2.75) is 0 Å². The van der Waals surface area contributed by atoms with Crippen molar-refractivity contribution in [3.8, 4) is 28.4 Å². The van der Waals surface area contributed by atoms with E-state index in [0.717, 1.165) is 22.6 Å². The largest absolute Gasteiger partial charge is 0.497 e. The second kappa shape index (κ2) is 5.89. The minimum absolute atomic E-state index is 0.405. The predicted octanol–water partition coefficient (Wildman–Crippen LogP) is 3.87. The summed E-state index contributed by atoms with van der Waals surface area (Å²) in [5.41, 5.74) is 2.60. The van der Waals surface area contributed by atoms with Crippen molar-refractivity contribution in [1.29, 1.82) is 0 Å². The van der Waals surface area contributed by atoms with Gasteiger partial charge < -0.3 is 4.74 Å². The van der Waals surface area contributed by atoms with E-state index in [-0.39, 0.29) is 0 Å². The molecule has 0 spiro atoms. The monoisotopic (exact) mass is 297 g/mol. The first kappa shape index (κ1) is 13.5. The molecular weight excluding hydrogens is 286 g/mol. The molecule has 0 radical (unpaired) electrons. The fourth-order valence-electron chi connectivity index (χ4n) is 1.96. The first-order chi connectivity index (χ1) is 10.3. The number of methoxy groups -OCH3 is 1. The molecule has 0 aliphatic heterocycles. The van der Waals surface area contributed by atoms with Crippen LogP contribution in [0.2, 0.25) is 5.15 Å². The van der Waals surface area contributed by atoms with Crippen LogP contribution in [-0.4, -0.2) is 22.1 Å². The maximum Gasteiger partial charge on any atom is 0.161 e. The zero-order valence-electron chi connectivity index (χ0n) is 11.3. The summed E-state index contributed by atoms with van der Waals surface area (Å²) in [5.74, 6) is 1.38. The van der Waals surface area contributed by atoms with Crippen molar-refractivity contribution in [3.63, 3.8) is 0 Å². The highest BCUT2D eigenvalue weighted by atomic mass is 35.5. The van der Waals surface area contributed by atoms with Crippen LogP contribution in [0.1, 0.15) is 0 Å². The normalized spacial score (nSPS) is 10.4. The highest BCUT2D eigenvalue weighted by molar-refractivity contribution is 6.29. The molecule has 1 aromatic carbocycles. The van der Waals surface area contributed by atoms with E-state index in [2.05, 4.69) is 15.0 Å². The van der Waals surface area contributed by atoms with Crippen LogP contribution in [0.15, 0.2) is 54.9 Å². The van der Waals surface area contributed by atoms with Gasteiger partial charge in [-0.15, -0.1) is 0 Å². The summed E-state index contributed by atoms with van der Waals surface area (Å²) >= 11 is 6.12. The van der Waals surface area contributed by atoms with Gasteiger partial charge >= 0.3 is 0 Å². The Kier molecular flexibility index (Phi) is 3.79. The lowest BCUT2D eigenvalue weighted by molar-refractivity contribution is 0.415. The minimum Gasteiger partial charge on any atom is -0.497 e. The third kappa shape index (κ3) is 3.01. The van der Waals surface area contributed by atoms with Gasteiger partial charge in [0.05, 0.1) is 12.8 Å². The third-order valence-corrected chi connectivity index (χ3v) is 3.21. The van der Waals surface area contributed by atoms with E-state index in [0.29, 0.717) is 11.0 Å². The van der Waals surface area contributed by atoms with E-state index in [4.69, 9.17) is 16.3 Å². The van der Waals surface area contributed by atoms with Crippen LogP contribution in [0.3, 0.4) is 0 Å². The van der Waals surface area contributed by atoms with Crippen molar-refractivity contribution < 1.29 is 4.74 Å². The Bertz CT molecular complexity index is 745. The Balaban J connectivity index is 2.05. The summed E-state index contributed by atoms with van der Waals surface area (Å²) in [5, 5.41) is 0.405. The zero-order chi connectivity index (χ0) is 14.7. The highest BCUT2D eigenvalue weighted by Crippen LogP contribution is 2.25. The van der Waals surface area contributed by atoms with Gasteiger partial charge in [-0.1, -0.05) is 11.6 Å². The van der Waals surface area contributed by atoms with Crippen molar-refractivity contribution in [2.24, 2.45) is 0 Å². The summed E-state index contributed by atoms with van der Waals surface area (Å²) in [4.78, 5) is 12.8. The van der Waals surface area contributed by atoms with Gasteiger partial charge in [-0.3, -0.25) is 4.98 Å². The van der Waals surface area contributed by atoms with Crippen LogP contribution in [0.25, 0.3) is 22.6 Å². The van der Waals surface area contributed by atoms with Gasteiger partial charge in [0.25, 0.3) is 0 Å². The first-order valence-electron chi connectivity index (χ1n) is 6.35. The van der Waals surface area contributed by atoms with Crippen molar-refractivity contribution in [3.05, 3.63) is 60.0 Å². The maximum atomic E-state index is 6.12. The molecule has 2 aromatic heterocycles. The molecule has 4 nitrogen and oxygen atoms in total. The van der Waals surface area contributed by atoms with Gasteiger partial charge in [-0.25, -0.2) is 9.97 Å². The number of nitrogens with zero attached hydrogens (tertiary/aromatic N) is 3. The predicted molar refractivity (Wildman–Crippen MR) is 82.3 cm³/mol. The smallest absolute Gasteiger partial charge is 0.161 e. The van der Waals surface area contributed by atoms with Crippen LogP contribution >= 0.6 is 11.6 Å². The van der Waals surface area contributed by atoms with Gasteiger partial charge in [-0.2, -0.15) is 0 Å². The van der Waals surface area contributed by atoms with Gasteiger partial charge in [-0.05, 0) is 36.4 Å². The Morgan fingerprint density at radius 3 is 2.29 bits per heavy atom. The Hall–Kier alpha value is -2.46. The summed E-state index contributed by atoms with van der Waals surface area (Å²) in [6, 6.07) is 13.1. The summed E-state index contributed by atoms with van der Waals surface area (Å²) in [6.45, 7) is 0. The van der Waals surface area contributed by atoms with E-state index >= 15 is 0 Å². The lowest BCUT2D eigenvalue weighted by Gasteiger charge is -2.06. The fourth-order valence-corrected chi connectivity index (χ4v) is 2.14. The lowest BCUT2D eigenvalue weighted by atomic mass is 10.1. The minimum atomic E-state index is 0.405.